The maximum atomic E-state index is 12.3. The van der Waals surface area contributed by atoms with Crippen molar-refractivity contribution < 1.29 is 4.79 Å². The highest BCUT2D eigenvalue weighted by atomic mass is 35.5. The Labute approximate surface area is 111 Å². The predicted molar refractivity (Wildman–Crippen MR) is 70.2 cm³/mol. The lowest BCUT2D eigenvalue weighted by Gasteiger charge is -2.26. The number of aromatic nitrogens is 1. The van der Waals surface area contributed by atoms with Crippen LogP contribution in [0.3, 0.4) is 0 Å². The number of halogens is 1. The lowest BCUT2D eigenvalue weighted by molar-refractivity contribution is -0.121. The van der Waals surface area contributed by atoms with Crippen molar-refractivity contribution in [2.75, 3.05) is 5.32 Å². The standard InChI is InChI=1S/C13H16ClN3O/c14-9-3-4-16-10(6-9)17-13(18)11-7-1-2-8(5-7)12(11)15/h3-4,6-8,11-12H,1-2,5,15H2,(H,16,17,18). The van der Waals surface area contributed by atoms with Crippen LogP contribution in [0.1, 0.15) is 19.3 Å². The Morgan fingerprint density at radius 2 is 2.22 bits per heavy atom. The van der Waals surface area contributed by atoms with E-state index < -0.39 is 0 Å². The van der Waals surface area contributed by atoms with Gasteiger partial charge in [-0.3, -0.25) is 4.79 Å². The molecule has 0 aromatic carbocycles. The monoisotopic (exact) mass is 265 g/mol. The zero-order chi connectivity index (χ0) is 12.7. The topological polar surface area (TPSA) is 68.0 Å². The SMILES string of the molecule is NC1C2CCC(C2)C1C(=O)Nc1cc(Cl)ccn1. The first kappa shape index (κ1) is 11.9. The Morgan fingerprint density at radius 1 is 1.44 bits per heavy atom. The van der Waals surface area contributed by atoms with E-state index in [1.165, 1.54) is 6.42 Å². The molecule has 2 fully saturated rings. The van der Waals surface area contributed by atoms with Gasteiger partial charge in [-0.25, -0.2) is 4.98 Å². The second-order valence-corrected chi connectivity index (χ2v) is 5.72. The molecule has 2 aliphatic carbocycles. The lowest BCUT2D eigenvalue weighted by atomic mass is 9.84. The van der Waals surface area contributed by atoms with Crippen LogP contribution in [0.2, 0.25) is 5.02 Å². The molecule has 2 saturated carbocycles. The van der Waals surface area contributed by atoms with Crippen molar-refractivity contribution in [1.82, 2.24) is 4.98 Å². The van der Waals surface area contributed by atoms with Gasteiger partial charge in [0.2, 0.25) is 5.91 Å². The minimum absolute atomic E-state index is 0.00272. The smallest absolute Gasteiger partial charge is 0.230 e. The molecule has 1 amide bonds. The molecule has 2 bridgehead atoms. The molecule has 3 rings (SSSR count). The number of rotatable bonds is 2. The molecular formula is C13H16ClN3O. The van der Waals surface area contributed by atoms with Gasteiger partial charge in [0.05, 0.1) is 5.92 Å². The second-order valence-electron chi connectivity index (χ2n) is 5.28. The maximum absolute atomic E-state index is 12.3. The van der Waals surface area contributed by atoms with Gasteiger partial charge in [0, 0.05) is 17.3 Å². The quantitative estimate of drug-likeness (QED) is 0.860. The van der Waals surface area contributed by atoms with Gasteiger partial charge in [0.25, 0.3) is 0 Å². The second kappa shape index (κ2) is 4.52. The minimum Gasteiger partial charge on any atom is -0.327 e. The lowest BCUT2D eigenvalue weighted by Crippen LogP contribution is -2.42. The highest BCUT2D eigenvalue weighted by Gasteiger charge is 2.49. The van der Waals surface area contributed by atoms with Gasteiger partial charge in [-0.05, 0) is 43.2 Å². The van der Waals surface area contributed by atoms with Gasteiger partial charge in [-0.2, -0.15) is 0 Å². The number of nitrogens with two attached hydrogens (primary N) is 1. The van der Waals surface area contributed by atoms with Crippen LogP contribution >= 0.6 is 11.6 Å². The van der Waals surface area contributed by atoms with E-state index in [9.17, 15) is 4.79 Å². The maximum Gasteiger partial charge on any atom is 0.230 e. The fourth-order valence-corrected chi connectivity index (χ4v) is 3.57. The number of nitrogens with one attached hydrogen (secondary N) is 1. The van der Waals surface area contributed by atoms with Crippen LogP contribution in [0, 0.1) is 17.8 Å². The van der Waals surface area contributed by atoms with E-state index in [0.29, 0.717) is 22.7 Å². The van der Waals surface area contributed by atoms with Crippen LogP contribution in [-0.4, -0.2) is 16.9 Å². The molecule has 18 heavy (non-hydrogen) atoms. The van der Waals surface area contributed by atoms with Crippen LogP contribution < -0.4 is 11.1 Å². The largest absolute Gasteiger partial charge is 0.327 e. The molecule has 0 spiro atoms. The van der Waals surface area contributed by atoms with E-state index in [2.05, 4.69) is 10.3 Å². The number of hydrogen-bond donors (Lipinski definition) is 2. The van der Waals surface area contributed by atoms with Gasteiger partial charge in [0.15, 0.2) is 0 Å². The summed E-state index contributed by atoms with van der Waals surface area (Å²) in [7, 11) is 0. The number of carbonyl (C=O) groups is 1. The molecule has 1 heterocycles. The fourth-order valence-electron chi connectivity index (χ4n) is 3.41. The van der Waals surface area contributed by atoms with Crippen molar-refractivity contribution in [3.8, 4) is 0 Å². The van der Waals surface area contributed by atoms with Crippen molar-refractivity contribution in [3.05, 3.63) is 23.4 Å². The first-order valence-electron chi connectivity index (χ1n) is 6.33. The third-order valence-electron chi connectivity index (χ3n) is 4.26. The van der Waals surface area contributed by atoms with Crippen LogP contribution in [0.5, 0.6) is 0 Å². The van der Waals surface area contributed by atoms with Crippen molar-refractivity contribution in [1.29, 1.82) is 0 Å². The van der Waals surface area contributed by atoms with E-state index >= 15 is 0 Å². The molecule has 1 aromatic heterocycles. The summed E-state index contributed by atoms with van der Waals surface area (Å²) in [5.41, 5.74) is 6.14. The summed E-state index contributed by atoms with van der Waals surface area (Å²) in [5, 5.41) is 3.39. The Bertz CT molecular complexity index is 477. The van der Waals surface area contributed by atoms with Crippen molar-refractivity contribution in [2.45, 2.75) is 25.3 Å². The molecule has 4 nitrogen and oxygen atoms in total. The van der Waals surface area contributed by atoms with Crippen molar-refractivity contribution >= 4 is 23.3 Å². The van der Waals surface area contributed by atoms with Gasteiger partial charge in [-0.1, -0.05) is 11.6 Å². The van der Waals surface area contributed by atoms with E-state index in [-0.39, 0.29) is 17.9 Å². The zero-order valence-electron chi connectivity index (χ0n) is 9.97. The molecule has 0 radical (unpaired) electrons. The number of fused-ring (bicyclic) bond motifs is 2. The number of pyridine rings is 1. The van der Waals surface area contributed by atoms with Gasteiger partial charge in [0.1, 0.15) is 5.82 Å². The zero-order valence-corrected chi connectivity index (χ0v) is 10.7. The number of hydrogen-bond acceptors (Lipinski definition) is 3. The molecule has 5 heteroatoms. The molecule has 0 aliphatic heterocycles. The van der Waals surface area contributed by atoms with Gasteiger partial charge in [-0.15, -0.1) is 0 Å². The van der Waals surface area contributed by atoms with Gasteiger partial charge < -0.3 is 11.1 Å². The molecule has 3 N–H and O–H groups in total. The average Bonchev–Trinajstić information content (AvgIpc) is 2.89. The Kier molecular flexibility index (Phi) is 2.99. The number of amides is 1. The molecule has 1 aromatic rings. The number of carbonyl (C=O) groups excluding carboxylic acids is 1. The molecular weight excluding hydrogens is 250 g/mol. The highest BCUT2D eigenvalue weighted by Crippen LogP contribution is 2.47. The molecule has 2 aliphatic rings. The summed E-state index contributed by atoms with van der Waals surface area (Å²) < 4.78 is 0. The summed E-state index contributed by atoms with van der Waals surface area (Å²) in [6, 6.07) is 3.33. The number of nitrogens with zero attached hydrogens (tertiary/aromatic N) is 1. The summed E-state index contributed by atoms with van der Waals surface area (Å²) in [6.45, 7) is 0. The first-order valence-corrected chi connectivity index (χ1v) is 6.71. The Hall–Kier alpha value is -1.13. The summed E-state index contributed by atoms with van der Waals surface area (Å²) >= 11 is 5.86. The van der Waals surface area contributed by atoms with E-state index in [1.807, 2.05) is 0 Å². The molecule has 4 atom stereocenters. The fraction of sp³-hybridized carbons (Fsp3) is 0.538. The Morgan fingerprint density at radius 3 is 2.89 bits per heavy atom. The van der Waals surface area contributed by atoms with Crippen LogP contribution in [0.25, 0.3) is 0 Å². The molecule has 4 unspecified atom stereocenters. The predicted octanol–water partition coefficient (Wildman–Crippen LogP) is 2.05. The Balaban J connectivity index is 1.72. The van der Waals surface area contributed by atoms with Crippen LogP contribution in [-0.2, 0) is 4.79 Å². The summed E-state index contributed by atoms with van der Waals surface area (Å²) in [6.07, 6.45) is 4.98. The van der Waals surface area contributed by atoms with E-state index in [0.717, 1.165) is 12.8 Å². The third kappa shape index (κ3) is 1.99. The summed E-state index contributed by atoms with van der Waals surface area (Å²) in [5.74, 6) is 1.40. The van der Waals surface area contributed by atoms with Crippen LogP contribution in [0.15, 0.2) is 18.3 Å². The normalized spacial score (nSPS) is 33.7. The molecule has 0 saturated heterocycles. The number of anilines is 1. The minimum atomic E-state index is -0.0652. The van der Waals surface area contributed by atoms with Crippen molar-refractivity contribution in [3.63, 3.8) is 0 Å². The molecule has 96 valence electrons. The average molecular weight is 266 g/mol. The first-order chi connectivity index (χ1) is 8.65. The summed E-state index contributed by atoms with van der Waals surface area (Å²) in [4.78, 5) is 16.3. The third-order valence-corrected chi connectivity index (χ3v) is 4.49. The highest BCUT2D eigenvalue weighted by molar-refractivity contribution is 6.30. The van der Waals surface area contributed by atoms with E-state index in [4.69, 9.17) is 17.3 Å². The van der Waals surface area contributed by atoms with Gasteiger partial charge >= 0.3 is 0 Å². The van der Waals surface area contributed by atoms with Crippen molar-refractivity contribution in [2.24, 2.45) is 23.5 Å². The van der Waals surface area contributed by atoms with E-state index in [1.54, 1.807) is 18.3 Å². The van der Waals surface area contributed by atoms with Crippen LogP contribution in [0.4, 0.5) is 5.82 Å².